The molecule has 2 N–H and O–H groups in total. The van der Waals surface area contributed by atoms with Crippen LogP contribution in [0.4, 0.5) is 0 Å². The van der Waals surface area contributed by atoms with E-state index in [9.17, 15) is 0 Å². The lowest BCUT2D eigenvalue weighted by molar-refractivity contribution is 0.355. The van der Waals surface area contributed by atoms with E-state index in [1.165, 1.54) is 4.88 Å². The van der Waals surface area contributed by atoms with E-state index < -0.39 is 0 Å². The van der Waals surface area contributed by atoms with Gasteiger partial charge in [0.2, 0.25) is 0 Å². The molecule has 1 aromatic rings. The second kappa shape index (κ2) is 4.01. The van der Waals surface area contributed by atoms with E-state index in [-0.39, 0.29) is 5.54 Å². The number of hydrogen-bond donors (Lipinski definition) is 1. The third kappa shape index (κ3) is 2.35. The maximum atomic E-state index is 6.33. The molecule has 0 aromatic carbocycles. The summed E-state index contributed by atoms with van der Waals surface area (Å²) in [7, 11) is 2.15. The minimum absolute atomic E-state index is 0.0682. The Morgan fingerprint density at radius 2 is 2.50 bits per heavy atom. The van der Waals surface area contributed by atoms with Gasteiger partial charge >= 0.3 is 0 Å². The number of nitrogens with zero attached hydrogens (tertiary/aromatic N) is 1. The molecule has 0 spiro atoms. The van der Waals surface area contributed by atoms with Crippen molar-refractivity contribution in [3.05, 3.63) is 22.4 Å². The van der Waals surface area contributed by atoms with E-state index in [2.05, 4.69) is 29.5 Å². The smallest absolute Gasteiger partial charge is 0.0299 e. The van der Waals surface area contributed by atoms with E-state index in [0.29, 0.717) is 0 Å². The molecule has 2 heterocycles. The number of hydrogen-bond acceptors (Lipinski definition) is 3. The normalized spacial score (nSPS) is 28.4. The van der Waals surface area contributed by atoms with Crippen molar-refractivity contribution < 1.29 is 0 Å². The summed E-state index contributed by atoms with van der Waals surface area (Å²) in [5.74, 6) is 0. The van der Waals surface area contributed by atoms with E-state index in [1.807, 2.05) is 11.3 Å². The van der Waals surface area contributed by atoms with Crippen molar-refractivity contribution in [1.29, 1.82) is 0 Å². The van der Waals surface area contributed by atoms with Gasteiger partial charge in [0.05, 0.1) is 0 Å². The lowest BCUT2D eigenvalue weighted by Gasteiger charge is -2.23. The number of aryl methyl sites for hydroxylation is 1. The first-order valence-electron chi connectivity index (χ1n) is 5.18. The molecule has 78 valence electrons. The molecule has 2 nitrogen and oxygen atoms in total. The van der Waals surface area contributed by atoms with E-state index >= 15 is 0 Å². The standard InChI is InChI=1S/C11H18N2S/c1-13-7-6-11(12,9-13)5-4-10-3-2-8-14-10/h2-3,8H,4-7,9,12H2,1H3. The van der Waals surface area contributed by atoms with Crippen LogP contribution in [0.15, 0.2) is 17.5 Å². The molecule has 0 radical (unpaired) electrons. The van der Waals surface area contributed by atoms with Crippen molar-refractivity contribution in [3.8, 4) is 0 Å². The Labute approximate surface area is 89.7 Å². The Bertz CT molecular complexity index is 283. The predicted octanol–water partition coefficient (Wildman–Crippen LogP) is 1.71. The fourth-order valence-corrected chi connectivity index (χ4v) is 2.85. The summed E-state index contributed by atoms with van der Waals surface area (Å²) >= 11 is 1.84. The summed E-state index contributed by atoms with van der Waals surface area (Å²) in [5, 5.41) is 2.14. The van der Waals surface area contributed by atoms with Crippen LogP contribution in [-0.2, 0) is 6.42 Å². The Kier molecular flexibility index (Phi) is 2.91. The van der Waals surface area contributed by atoms with Gasteiger partial charge in [0.15, 0.2) is 0 Å². The summed E-state index contributed by atoms with van der Waals surface area (Å²) in [6.07, 6.45) is 3.41. The van der Waals surface area contributed by atoms with E-state index in [1.54, 1.807) is 0 Å². The number of thiophene rings is 1. The van der Waals surface area contributed by atoms with Crippen molar-refractivity contribution in [1.82, 2.24) is 4.90 Å². The largest absolute Gasteiger partial charge is 0.324 e. The van der Waals surface area contributed by atoms with Gasteiger partial charge in [0.1, 0.15) is 0 Å². The summed E-state index contributed by atoms with van der Waals surface area (Å²) < 4.78 is 0. The molecule has 1 fully saturated rings. The molecule has 0 amide bonds. The van der Waals surface area contributed by atoms with Gasteiger partial charge in [-0.3, -0.25) is 0 Å². The van der Waals surface area contributed by atoms with Crippen molar-refractivity contribution >= 4 is 11.3 Å². The van der Waals surface area contributed by atoms with Crippen molar-refractivity contribution in [2.75, 3.05) is 20.1 Å². The SMILES string of the molecule is CN1CCC(N)(CCc2cccs2)C1. The van der Waals surface area contributed by atoms with Gasteiger partial charge in [-0.2, -0.15) is 0 Å². The molecule has 2 rings (SSSR count). The number of likely N-dealkylation sites (tertiary alicyclic amines) is 1. The Morgan fingerprint density at radius 1 is 1.64 bits per heavy atom. The first kappa shape index (κ1) is 10.1. The molecule has 1 unspecified atom stereocenters. The molecule has 3 heteroatoms. The highest BCUT2D eigenvalue weighted by molar-refractivity contribution is 7.09. The first-order chi connectivity index (χ1) is 6.68. The zero-order valence-corrected chi connectivity index (χ0v) is 9.52. The quantitative estimate of drug-likeness (QED) is 0.823. The van der Waals surface area contributed by atoms with Gasteiger partial charge in [0, 0.05) is 17.0 Å². The summed E-state index contributed by atoms with van der Waals surface area (Å²) in [6, 6.07) is 4.32. The molecule has 14 heavy (non-hydrogen) atoms. The third-order valence-corrected chi connectivity index (χ3v) is 3.96. The second-order valence-corrected chi connectivity index (χ2v) is 5.46. The molecule has 0 aliphatic carbocycles. The molecule has 0 bridgehead atoms. The topological polar surface area (TPSA) is 29.3 Å². The molecule has 1 saturated heterocycles. The van der Waals surface area contributed by atoms with Crippen molar-refractivity contribution in [3.63, 3.8) is 0 Å². The minimum atomic E-state index is 0.0682. The van der Waals surface area contributed by atoms with Gasteiger partial charge < -0.3 is 10.6 Å². The second-order valence-electron chi connectivity index (χ2n) is 4.43. The predicted molar refractivity (Wildman–Crippen MR) is 61.7 cm³/mol. The number of nitrogens with two attached hydrogens (primary N) is 1. The molecular formula is C11H18N2S. The van der Waals surface area contributed by atoms with Crippen molar-refractivity contribution in [2.24, 2.45) is 5.73 Å². The average molecular weight is 210 g/mol. The zero-order chi connectivity index (χ0) is 10.0. The fourth-order valence-electron chi connectivity index (χ4n) is 2.14. The van der Waals surface area contributed by atoms with Gasteiger partial charge in [-0.25, -0.2) is 0 Å². The summed E-state index contributed by atoms with van der Waals surface area (Å²) in [6.45, 7) is 2.21. The molecular weight excluding hydrogens is 192 g/mol. The molecule has 1 aliphatic heterocycles. The third-order valence-electron chi connectivity index (χ3n) is 3.03. The molecule has 1 atom stereocenters. The van der Waals surface area contributed by atoms with Crippen LogP contribution in [0.1, 0.15) is 17.7 Å². The first-order valence-corrected chi connectivity index (χ1v) is 6.06. The highest BCUT2D eigenvalue weighted by atomic mass is 32.1. The van der Waals surface area contributed by atoms with Crippen molar-refractivity contribution in [2.45, 2.75) is 24.8 Å². The average Bonchev–Trinajstić information content (AvgIpc) is 2.73. The Balaban J connectivity index is 1.86. The van der Waals surface area contributed by atoms with Crippen LogP contribution in [0.3, 0.4) is 0 Å². The monoisotopic (exact) mass is 210 g/mol. The lowest BCUT2D eigenvalue weighted by Crippen LogP contribution is -2.42. The number of rotatable bonds is 3. The van der Waals surface area contributed by atoms with Crippen LogP contribution in [0.2, 0.25) is 0 Å². The van der Waals surface area contributed by atoms with Crippen LogP contribution in [0, 0.1) is 0 Å². The van der Waals surface area contributed by atoms with Gasteiger partial charge in [0.25, 0.3) is 0 Å². The van der Waals surface area contributed by atoms with E-state index in [4.69, 9.17) is 5.73 Å². The lowest BCUT2D eigenvalue weighted by atomic mass is 9.93. The van der Waals surface area contributed by atoms with Crippen LogP contribution in [-0.4, -0.2) is 30.6 Å². The van der Waals surface area contributed by atoms with Crippen LogP contribution < -0.4 is 5.73 Å². The van der Waals surface area contributed by atoms with Crippen LogP contribution in [0.5, 0.6) is 0 Å². The number of likely N-dealkylation sites (N-methyl/N-ethyl adjacent to an activating group) is 1. The summed E-state index contributed by atoms with van der Waals surface area (Å²) in [4.78, 5) is 3.79. The fraction of sp³-hybridized carbons (Fsp3) is 0.636. The highest BCUT2D eigenvalue weighted by Crippen LogP contribution is 2.23. The maximum absolute atomic E-state index is 6.33. The van der Waals surface area contributed by atoms with Crippen LogP contribution >= 0.6 is 11.3 Å². The van der Waals surface area contributed by atoms with Crippen LogP contribution in [0.25, 0.3) is 0 Å². The van der Waals surface area contributed by atoms with Gasteiger partial charge in [-0.15, -0.1) is 11.3 Å². The Hall–Kier alpha value is -0.380. The minimum Gasteiger partial charge on any atom is -0.324 e. The summed E-state index contributed by atoms with van der Waals surface area (Å²) in [5.41, 5.74) is 6.40. The molecule has 0 saturated carbocycles. The molecule has 1 aliphatic rings. The zero-order valence-electron chi connectivity index (χ0n) is 8.70. The highest BCUT2D eigenvalue weighted by Gasteiger charge is 2.31. The van der Waals surface area contributed by atoms with Gasteiger partial charge in [-0.1, -0.05) is 6.07 Å². The molecule has 1 aromatic heterocycles. The van der Waals surface area contributed by atoms with Gasteiger partial charge in [-0.05, 0) is 44.3 Å². The maximum Gasteiger partial charge on any atom is 0.0299 e. The Morgan fingerprint density at radius 3 is 3.07 bits per heavy atom. The van der Waals surface area contributed by atoms with E-state index in [0.717, 1.165) is 32.4 Å².